The van der Waals surface area contributed by atoms with Gasteiger partial charge in [-0.25, -0.2) is 0 Å². The van der Waals surface area contributed by atoms with Crippen LogP contribution in [-0.2, 0) is 20.9 Å². The molecular formula is C17H17NO4. The largest absolute Gasteiger partial charge is 0.481 e. The molecule has 0 aliphatic carbocycles. The lowest BCUT2D eigenvalue weighted by Crippen LogP contribution is -2.39. The molecule has 1 amide bonds. The second-order valence-electron chi connectivity index (χ2n) is 6.42. The summed E-state index contributed by atoms with van der Waals surface area (Å²) < 4.78 is 5.86. The van der Waals surface area contributed by atoms with Crippen molar-refractivity contribution in [1.82, 2.24) is 4.90 Å². The number of hydrogen-bond acceptors (Lipinski definition) is 3. The summed E-state index contributed by atoms with van der Waals surface area (Å²) in [5.41, 5.74) is 1.47. The van der Waals surface area contributed by atoms with Crippen molar-refractivity contribution < 1.29 is 19.4 Å². The van der Waals surface area contributed by atoms with Crippen LogP contribution in [-0.4, -0.2) is 40.1 Å². The number of likely N-dealkylation sites (tertiary alicyclic amines) is 1. The monoisotopic (exact) mass is 299 g/mol. The van der Waals surface area contributed by atoms with Crippen molar-refractivity contribution in [2.45, 2.75) is 25.2 Å². The maximum atomic E-state index is 12.7. The molecule has 1 N–H and O–H groups in total. The summed E-state index contributed by atoms with van der Waals surface area (Å²) in [6.07, 6.45) is 3.21. The lowest BCUT2D eigenvalue weighted by atomic mass is 9.77. The fourth-order valence-electron chi connectivity index (χ4n) is 3.91. The highest BCUT2D eigenvalue weighted by Crippen LogP contribution is 2.52. The van der Waals surface area contributed by atoms with Crippen LogP contribution < -0.4 is 0 Å². The minimum atomic E-state index is -0.952. The molecule has 2 bridgehead atoms. The zero-order valence-corrected chi connectivity index (χ0v) is 12.2. The Labute approximate surface area is 128 Å². The van der Waals surface area contributed by atoms with Crippen LogP contribution in [0.4, 0.5) is 0 Å². The molecule has 1 aromatic carbocycles. The van der Waals surface area contributed by atoms with Gasteiger partial charge in [0.05, 0.1) is 18.6 Å². The average Bonchev–Trinajstić information content (AvgIpc) is 3.10. The van der Waals surface area contributed by atoms with E-state index >= 15 is 0 Å². The SMILES string of the molecule is Cc1ccc(CN2C[C@@]34C=C[C@@H](O3)[C@H](C(=O)O)[C@H]4C2=O)cc1. The van der Waals surface area contributed by atoms with E-state index in [2.05, 4.69) is 0 Å². The Hall–Kier alpha value is -2.14. The van der Waals surface area contributed by atoms with E-state index in [1.807, 2.05) is 37.3 Å². The smallest absolute Gasteiger partial charge is 0.310 e. The molecule has 4 rings (SSSR count). The summed E-state index contributed by atoms with van der Waals surface area (Å²) in [4.78, 5) is 25.9. The Morgan fingerprint density at radius 1 is 1.41 bits per heavy atom. The Morgan fingerprint density at radius 2 is 2.14 bits per heavy atom. The minimum Gasteiger partial charge on any atom is -0.481 e. The van der Waals surface area contributed by atoms with E-state index < -0.39 is 29.5 Å². The number of ether oxygens (including phenoxy) is 1. The molecule has 3 aliphatic rings. The normalized spacial score (nSPS) is 35.2. The van der Waals surface area contributed by atoms with E-state index in [9.17, 15) is 14.7 Å². The highest BCUT2D eigenvalue weighted by atomic mass is 16.5. The number of rotatable bonds is 3. The van der Waals surface area contributed by atoms with Gasteiger partial charge in [-0.05, 0) is 12.5 Å². The third kappa shape index (κ3) is 1.75. The standard InChI is InChI=1S/C17H17NO4/c1-10-2-4-11(5-3-10)8-18-9-17-7-6-12(22-17)13(16(20)21)14(17)15(18)19/h2-7,12-14H,8-9H2,1H3,(H,20,21)/t12-,13+,14+,17-/m1/s1. The summed E-state index contributed by atoms with van der Waals surface area (Å²) in [6.45, 7) is 2.94. The van der Waals surface area contributed by atoms with Gasteiger partial charge in [-0.3, -0.25) is 9.59 Å². The van der Waals surface area contributed by atoms with Gasteiger partial charge in [0.25, 0.3) is 0 Å². The molecule has 3 heterocycles. The van der Waals surface area contributed by atoms with Crippen molar-refractivity contribution in [1.29, 1.82) is 0 Å². The fourth-order valence-corrected chi connectivity index (χ4v) is 3.91. The number of carbonyl (C=O) groups excluding carboxylic acids is 1. The average molecular weight is 299 g/mol. The van der Waals surface area contributed by atoms with E-state index in [0.717, 1.165) is 5.56 Å². The Kier molecular flexibility index (Phi) is 2.72. The Bertz CT molecular complexity index is 680. The molecular weight excluding hydrogens is 282 g/mol. The summed E-state index contributed by atoms with van der Waals surface area (Å²) in [7, 11) is 0. The van der Waals surface area contributed by atoms with Crippen LogP contribution in [0.25, 0.3) is 0 Å². The third-order valence-electron chi connectivity index (χ3n) is 4.96. The molecule has 2 saturated heterocycles. The second kappa shape index (κ2) is 4.43. The predicted octanol–water partition coefficient (Wildman–Crippen LogP) is 1.36. The second-order valence-corrected chi connectivity index (χ2v) is 6.42. The van der Waals surface area contributed by atoms with Gasteiger partial charge in [0, 0.05) is 6.54 Å². The van der Waals surface area contributed by atoms with Crippen LogP contribution >= 0.6 is 0 Å². The lowest BCUT2D eigenvalue weighted by molar-refractivity contribution is -0.148. The molecule has 1 aromatic rings. The first-order valence-electron chi connectivity index (χ1n) is 7.44. The van der Waals surface area contributed by atoms with Crippen molar-refractivity contribution in [2.24, 2.45) is 11.8 Å². The van der Waals surface area contributed by atoms with Crippen LogP contribution in [0.1, 0.15) is 11.1 Å². The highest BCUT2D eigenvalue weighted by molar-refractivity contribution is 5.90. The minimum absolute atomic E-state index is 0.111. The molecule has 5 heteroatoms. The maximum Gasteiger partial charge on any atom is 0.310 e. The molecule has 1 spiro atoms. The number of carbonyl (C=O) groups is 2. The van der Waals surface area contributed by atoms with Gasteiger partial charge in [-0.2, -0.15) is 0 Å². The summed E-state index contributed by atoms with van der Waals surface area (Å²) in [5, 5.41) is 9.42. The first-order valence-corrected chi connectivity index (χ1v) is 7.44. The number of hydrogen-bond donors (Lipinski definition) is 1. The number of fused-ring (bicyclic) bond motifs is 1. The Balaban J connectivity index is 1.61. The molecule has 2 fully saturated rings. The summed E-state index contributed by atoms with van der Waals surface area (Å²) >= 11 is 0. The Morgan fingerprint density at radius 3 is 2.82 bits per heavy atom. The number of carboxylic acids is 1. The quantitative estimate of drug-likeness (QED) is 0.856. The lowest BCUT2D eigenvalue weighted by Gasteiger charge is -2.21. The zero-order chi connectivity index (χ0) is 15.5. The van der Waals surface area contributed by atoms with E-state index in [1.54, 1.807) is 11.0 Å². The van der Waals surface area contributed by atoms with E-state index in [4.69, 9.17) is 4.74 Å². The van der Waals surface area contributed by atoms with Crippen molar-refractivity contribution in [3.8, 4) is 0 Å². The van der Waals surface area contributed by atoms with Crippen molar-refractivity contribution in [2.75, 3.05) is 6.54 Å². The number of carboxylic acid groups (broad SMARTS) is 1. The third-order valence-corrected chi connectivity index (χ3v) is 4.96. The number of aryl methyl sites for hydroxylation is 1. The van der Waals surface area contributed by atoms with Gasteiger partial charge in [0.15, 0.2) is 0 Å². The molecule has 114 valence electrons. The molecule has 5 nitrogen and oxygen atoms in total. The molecule has 0 aromatic heterocycles. The van der Waals surface area contributed by atoms with Gasteiger partial charge in [0.2, 0.25) is 5.91 Å². The first kappa shape index (κ1) is 13.5. The van der Waals surface area contributed by atoms with Gasteiger partial charge >= 0.3 is 5.97 Å². The predicted molar refractivity (Wildman–Crippen MR) is 78.0 cm³/mol. The van der Waals surface area contributed by atoms with Crippen LogP contribution in [0.3, 0.4) is 0 Å². The number of nitrogens with zero attached hydrogens (tertiary/aromatic N) is 1. The highest BCUT2D eigenvalue weighted by Gasteiger charge is 2.66. The molecule has 0 radical (unpaired) electrons. The fraction of sp³-hybridized carbons (Fsp3) is 0.412. The summed E-state index contributed by atoms with van der Waals surface area (Å²) in [5.74, 6) is -2.42. The van der Waals surface area contributed by atoms with Gasteiger partial charge in [0.1, 0.15) is 11.5 Å². The van der Waals surface area contributed by atoms with E-state index in [-0.39, 0.29) is 5.91 Å². The van der Waals surface area contributed by atoms with Crippen LogP contribution in [0.15, 0.2) is 36.4 Å². The number of benzene rings is 1. The molecule has 4 atom stereocenters. The van der Waals surface area contributed by atoms with Crippen LogP contribution in [0, 0.1) is 18.8 Å². The maximum absolute atomic E-state index is 12.7. The van der Waals surface area contributed by atoms with Gasteiger partial charge in [-0.1, -0.05) is 42.0 Å². The summed E-state index contributed by atoms with van der Waals surface area (Å²) in [6, 6.07) is 8.02. The molecule has 0 saturated carbocycles. The van der Waals surface area contributed by atoms with E-state index in [1.165, 1.54) is 5.56 Å². The van der Waals surface area contributed by atoms with Crippen molar-refractivity contribution in [3.63, 3.8) is 0 Å². The van der Waals surface area contributed by atoms with Crippen LogP contribution in [0.2, 0.25) is 0 Å². The molecule has 3 aliphatic heterocycles. The van der Waals surface area contributed by atoms with Crippen molar-refractivity contribution in [3.05, 3.63) is 47.5 Å². The molecule has 22 heavy (non-hydrogen) atoms. The first-order chi connectivity index (χ1) is 10.5. The topological polar surface area (TPSA) is 66.8 Å². The number of amides is 1. The van der Waals surface area contributed by atoms with Crippen molar-refractivity contribution >= 4 is 11.9 Å². The van der Waals surface area contributed by atoms with E-state index in [0.29, 0.717) is 13.1 Å². The molecule has 0 unspecified atom stereocenters. The van der Waals surface area contributed by atoms with Crippen LogP contribution in [0.5, 0.6) is 0 Å². The number of aliphatic carboxylic acids is 1. The van der Waals surface area contributed by atoms with Gasteiger partial charge in [-0.15, -0.1) is 0 Å². The van der Waals surface area contributed by atoms with Gasteiger partial charge < -0.3 is 14.7 Å². The zero-order valence-electron chi connectivity index (χ0n) is 12.2.